The molecule has 0 bridgehead atoms. The first-order valence-electron chi connectivity index (χ1n) is 7.91. The minimum Gasteiger partial charge on any atom is -0.496 e. The van der Waals surface area contributed by atoms with Gasteiger partial charge in [0.15, 0.2) is 6.10 Å². The molecule has 2 fully saturated rings. The van der Waals surface area contributed by atoms with E-state index in [9.17, 15) is 4.79 Å². The minimum absolute atomic E-state index is 0.0668. The molecular weight excluding hydrogens is 282 g/mol. The molecule has 1 aromatic carbocycles. The monoisotopic (exact) mass is 305 g/mol. The molecule has 0 spiro atoms. The highest BCUT2D eigenvalue weighted by molar-refractivity contribution is 5.81. The van der Waals surface area contributed by atoms with Crippen molar-refractivity contribution < 1.29 is 19.0 Å². The molecule has 5 heteroatoms. The first kappa shape index (κ1) is 15.3. The zero-order chi connectivity index (χ0) is 15.4. The lowest BCUT2D eigenvalue weighted by atomic mass is 10.0. The van der Waals surface area contributed by atoms with Crippen LogP contribution in [0.5, 0.6) is 5.75 Å². The highest BCUT2D eigenvalue weighted by Gasteiger charge is 2.35. The van der Waals surface area contributed by atoms with E-state index in [1.807, 2.05) is 23.1 Å². The Morgan fingerprint density at radius 1 is 1.36 bits per heavy atom. The van der Waals surface area contributed by atoms with E-state index in [0.717, 1.165) is 37.1 Å². The smallest absolute Gasteiger partial charge is 0.254 e. The standard InChI is InChI=1S/C17H23NO4/c1-20-15-7-3-2-5-13(15)11-14-6-4-8-18(14)17(19)16-12-21-9-10-22-16/h2-3,5,7,14,16H,4,6,8-12H2,1H3/t14-,16-/m1/s1. The number of ether oxygens (including phenoxy) is 3. The summed E-state index contributed by atoms with van der Waals surface area (Å²) in [5, 5.41) is 0. The Kier molecular flexibility index (Phi) is 4.95. The van der Waals surface area contributed by atoms with E-state index in [1.54, 1.807) is 7.11 Å². The van der Waals surface area contributed by atoms with E-state index in [0.29, 0.717) is 19.8 Å². The molecule has 3 rings (SSSR count). The van der Waals surface area contributed by atoms with Crippen LogP contribution in [0.4, 0.5) is 0 Å². The quantitative estimate of drug-likeness (QED) is 0.848. The average Bonchev–Trinajstić information content (AvgIpc) is 3.03. The summed E-state index contributed by atoms with van der Waals surface area (Å²) in [6.45, 7) is 2.26. The summed E-state index contributed by atoms with van der Waals surface area (Å²) in [6.07, 6.45) is 2.45. The number of amides is 1. The van der Waals surface area contributed by atoms with Crippen LogP contribution in [0.2, 0.25) is 0 Å². The van der Waals surface area contributed by atoms with Gasteiger partial charge in [-0.05, 0) is 30.9 Å². The van der Waals surface area contributed by atoms with Crippen molar-refractivity contribution in [1.29, 1.82) is 0 Å². The summed E-state index contributed by atoms with van der Waals surface area (Å²) in [5.74, 6) is 0.955. The molecule has 2 heterocycles. The summed E-state index contributed by atoms with van der Waals surface area (Å²) < 4.78 is 16.3. The molecule has 2 saturated heterocycles. The van der Waals surface area contributed by atoms with Crippen LogP contribution in [0.1, 0.15) is 18.4 Å². The molecule has 0 unspecified atom stereocenters. The lowest BCUT2D eigenvalue weighted by Crippen LogP contribution is -2.47. The zero-order valence-corrected chi connectivity index (χ0v) is 13.0. The maximum absolute atomic E-state index is 12.6. The number of hydrogen-bond donors (Lipinski definition) is 0. The predicted octanol–water partition coefficient (Wildman–Crippen LogP) is 1.64. The summed E-state index contributed by atoms with van der Waals surface area (Å²) in [5.41, 5.74) is 1.15. The molecule has 0 N–H and O–H groups in total. The van der Waals surface area contributed by atoms with E-state index in [1.165, 1.54) is 0 Å². The van der Waals surface area contributed by atoms with Crippen molar-refractivity contribution in [2.75, 3.05) is 33.5 Å². The van der Waals surface area contributed by atoms with Crippen LogP contribution >= 0.6 is 0 Å². The summed E-state index contributed by atoms with van der Waals surface area (Å²) >= 11 is 0. The van der Waals surface area contributed by atoms with Gasteiger partial charge in [-0.15, -0.1) is 0 Å². The lowest BCUT2D eigenvalue weighted by Gasteiger charge is -2.31. The molecule has 120 valence electrons. The molecule has 5 nitrogen and oxygen atoms in total. The van der Waals surface area contributed by atoms with E-state index in [2.05, 4.69) is 6.07 Å². The second-order valence-electron chi connectivity index (χ2n) is 5.78. The van der Waals surface area contributed by atoms with Crippen LogP contribution in [-0.2, 0) is 20.7 Å². The lowest BCUT2D eigenvalue weighted by molar-refractivity contribution is -0.158. The number of rotatable bonds is 4. The van der Waals surface area contributed by atoms with Crippen LogP contribution in [0.15, 0.2) is 24.3 Å². The van der Waals surface area contributed by atoms with E-state index in [4.69, 9.17) is 14.2 Å². The van der Waals surface area contributed by atoms with E-state index in [-0.39, 0.29) is 11.9 Å². The maximum Gasteiger partial charge on any atom is 0.254 e. The topological polar surface area (TPSA) is 48.0 Å². The summed E-state index contributed by atoms with van der Waals surface area (Å²) in [7, 11) is 1.68. The minimum atomic E-state index is -0.438. The molecule has 0 aromatic heterocycles. The molecule has 2 aliphatic rings. The van der Waals surface area contributed by atoms with Gasteiger partial charge < -0.3 is 19.1 Å². The molecule has 2 atom stereocenters. The Hall–Kier alpha value is -1.59. The number of para-hydroxylation sites is 1. The van der Waals surface area contributed by atoms with Crippen molar-refractivity contribution in [3.63, 3.8) is 0 Å². The summed E-state index contributed by atoms with van der Waals surface area (Å²) in [4.78, 5) is 14.6. The predicted molar refractivity (Wildman–Crippen MR) is 82.0 cm³/mol. The number of likely N-dealkylation sites (tertiary alicyclic amines) is 1. The Labute approximate surface area is 131 Å². The molecule has 1 amide bonds. The van der Waals surface area contributed by atoms with Crippen LogP contribution in [0, 0.1) is 0 Å². The number of carbonyl (C=O) groups is 1. The van der Waals surface area contributed by atoms with Crippen molar-refractivity contribution in [2.24, 2.45) is 0 Å². The van der Waals surface area contributed by atoms with Gasteiger partial charge in [0, 0.05) is 12.6 Å². The van der Waals surface area contributed by atoms with Crippen LogP contribution in [0.3, 0.4) is 0 Å². The van der Waals surface area contributed by atoms with Gasteiger partial charge in [-0.25, -0.2) is 0 Å². The number of hydrogen-bond acceptors (Lipinski definition) is 4. The molecular formula is C17H23NO4. The Balaban J connectivity index is 1.68. The molecule has 0 radical (unpaired) electrons. The number of carbonyl (C=O) groups excluding carboxylic acids is 1. The van der Waals surface area contributed by atoms with Gasteiger partial charge in [0.2, 0.25) is 0 Å². The van der Waals surface area contributed by atoms with Gasteiger partial charge in [0.1, 0.15) is 5.75 Å². The van der Waals surface area contributed by atoms with E-state index < -0.39 is 6.10 Å². The number of benzene rings is 1. The van der Waals surface area contributed by atoms with Crippen molar-refractivity contribution in [3.05, 3.63) is 29.8 Å². The molecule has 0 saturated carbocycles. The van der Waals surface area contributed by atoms with Crippen LogP contribution in [0.25, 0.3) is 0 Å². The van der Waals surface area contributed by atoms with Gasteiger partial charge >= 0.3 is 0 Å². The van der Waals surface area contributed by atoms with Gasteiger partial charge in [0.05, 0.1) is 26.9 Å². The van der Waals surface area contributed by atoms with E-state index >= 15 is 0 Å². The Bertz CT molecular complexity index is 513. The first-order valence-corrected chi connectivity index (χ1v) is 7.91. The van der Waals surface area contributed by atoms with Crippen molar-refractivity contribution in [2.45, 2.75) is 31.4 Å². The third kappa shape index (κ3) is 3.25. The van der Waals surface area contributed by atoms with Crippen molar-refractivity contribution in [1.82, 2.24) is 4.90 Å². The third-order valence-electron chi connectivity index (χ3n) is 4.40. The highest BCUT2D eigenvalue weighted by Crippen LogP contribution is 2.27. The molecule has 22 heavy (non-hydrogen) atoms. The first-order chi connectivity index (χ1) is 10.8. The number of methoxy groups -OCH3 is 1. The molecule has 2 aliphatic heterocycles. The maximum atomic E-state index is 12.6. The van der Waals surface area contributed by atoms with Gasteiger partial charge in [-0.3, -0.25) is 4.79 Å². The SMILES string of the molecule is COc1ccccc1C[C@H]1CCCN1C(=O)[C@H]1COCCO1. The Morgan fingerprint density at radius 3 is 3.00 bits per heavy atom. The second-order valence-corrected chi connectivity index (χ2v) is 5.78. The van der Waals surface area contributed by atoms with Crippen LogP contribution in [-0.4, -0.2) is 56.4 Å². The largest absolute Gasteiger partial charge is 0.496 e. The summed E-state index contributed by atoms with van der Waals surface area (Å²) in [6, 6.07) is 8.23. The van der Waals surface area contributed by atoms with Crippen molar-refractivity contribution in [3.8, 4) is 5.75 Å². The fraction of sp³-hybridized carbons (Fsp3) is 0.588. The second kappa shape index (κ2) is 7.11. The normalized spacial score (nSPS) is 25.2. The molecule has 0 aliphatic carbocycles. The Morgan fingerprint density at radius 2 is 2.23 bits per heavy atom. The fourth-order valence-electron chi connectivity index (χ4n) is 3.28. The molecule has 1 aromatic rings. The average molecular weight is 305 g/mol. The highest BCUT2D eigenvalue weighted by atomic mass is 16.6. The van der Waals surface area contributed by atoms with Gasteiger partial charge in [0.25, 0.3) is 5.91 Å². The van der Waals surface area contributed by atoms with Gasteiger partial charge in [-0.2, -0.15) is 0 Å². The number of nitrogens with zero attached hydrogens (tertiary/aromatic N) is 1. The van der Waals surface area contributed by atoms with Crippen LogP contribution < -0.4 is 4.74 Å². The van der Waals surface area contributed by atoms with Gasteiger partial charge in [-0.1, -0.05) is 18.2 Å². The zero-order valence-electron chi connectivity index (χ0n) is 13.0. The fourth-order valence-corrected chi connectivity index (χ4v) is 3.28. The third-order valence-corrected chi connectivity index (χ3v) is 4.40. The van der Waals surface area contributed by atoms with Crippen molar-refractivity contribution >= 4 is 5.91 Å².